The lowest BCUT2D eigenvalue weighted by molar-refractivity contribution is -0.137. The minimum atomic E-state index is -4.42. The monoisotopic (exact) mass is 481 g/mol. The van der Waals surface area contributed by atoms with Crippen LogP contribution in [0.15, 0.2) is 69.7 Å². The molecule has 1 aromatic heterocycles. The summed E-state index contributed by atoms with van der Waals surface area (Å²) in [6.45, 7) is 0. The number of sulfonamides is 1. The Morgan fingerprint density at radius 1 is 1.06 bits per heavy atom. The largest absolute Gasteiger partial charge is 0.495 e. The minimum absolute atomic E-state index is 0.0134. The highest BCUT2D eigenvalue weighted by Crippen LogP contribution is 2.37. The maximum Gasteiger partial charge on any atom is 0.416 e. The Morgan fingerprint density at radius 2 is 1.75 bits per heavy atom. The van der Waals surface area contributed by atoms with Crippen LogP contribution in [0.1, 0.15) is 18.4 Å². The molecule has 0 amide bonds. The van der Waals surface area contributed by atoms with Crippen molar-refractivity contribution in [2.24, 2.45) is 0 Å². The maximum atomic E-state index is 12.8. The Kier molecular flexibility index (Phi) is 6.15. The highest BCUT2D eigenvalue weighted by Gasteiger charge is 2.31. The van der Waals surface area contributed by atoms with Crippen molar-refractivity contribution in [3.05, 3.63) is 60.4 Å². The molecule has 6 nitrogen and oxygen atoms in total. The Hall–Kier alpha value is -2.63. The molecule has 0 saturated heterocycles. The second-order valence-electron chi connectivity index (χ2n) is 7.10. The van der Waals surface area contributed by atoms with Gasteiger partial charge in [-0.3, -0.25) is 4.98 Å². The van der Waals surface area contributed by atoms with Gasteiger partial charge in [-0.2, -0.15) is 13.2 Å². The van der Waals surface area contributed by atoms with Crippen LogP contribution in [0, 0.1) is 0 Å². The molecule has 0 spiro atoms. The van der Waals surface area contributed by atoms with Crippen molar-refractivity contribution in [3.63, 3.8) is 0 Å². The van der Waals surface area contributed by atoms with E-state index in [1.54, 1.807) is 6.07 Å². The first-order valence-electron chi connectivity index (χ1n) is 9.54. The second-order valence-corrected chi connectivity index (χ2v) is 9.84. The standard InChI is InChI=1S/C21H18F3N3O3S2/c1-30-17-9-2-13(12-18(17)32(28,29)27-15-5-6-15)19-20(26-11-10-25-19)31-16-7-3-14(4-8-16)21(22,23)24/h2-4,7-12,15,27H,5-6H2,1H3. The number of alkyl halides is 3. The molecular weight excluding hydrogens is 463 g/mol. The highest BCUT2D eigenvalue weighted by atomic mass is 32.2. The smallest absolute Gasteiger partial charge is 0.416 e. The summed E-state index contributed by atoms with van der Waals surface area (Å²) < 4.78 is 71.9. The van der Waals surface area contributed by atoms with Crippen molar-refractivity contribution in [1.29, 1.82) is 0 Å². The summed E-state index contributed by atoms with van der Waals surface area (Å²) in [6.07, 6.45) is 0.0950. The summed E-state index contributed by atoms with van der Waals surface area (Å²) in [7, 11) is -2.41. The lowest BCUT2D eigenvalue weighted by Crippen LogP contribution is -2.26. The van der Waals surface area contributed by atoms with E-state index in [1.165, 1.54) is 43.8 Å². The summed E-state index contributed by atoms with van der Waals surface area (Å²) in [5.74, 6) is 0.197. The number of nitrogens with one attached hydrogen (secondary N) is 1. The number of nitrogens with zero attached hydrogens (tertiary/aromatic N) is 2. The van der Waals surface area contributed by atoms with Crippen LogP contribution in [-0.2, 0) is 16.2 Å². The Labute approximate surface area is 187 Å². The SMILES string of the molecule is COc1ccc(-c2nccnc2Sc2ccc(C(F)(F)F)cc2)cc1S(=O)(=O)NC1CC1. The van der Waals surface area contributed by atoms with Crippen LogP contribution in [0.5, 0.6) is 5.75 Å². The molecule has 0 aliphatic heterocycles. The van der Waals surface area contributed by atoms with E-state index < -0.39 is 21.8 Å². The van der Waals surface area contributed by atoms with Gasteiger partial charge < -0.3 is 4.74 Å². The van der Waals surface area contributed by atoms with E-state index in [4.69, 9.17) is 4.74 Å². The van der Waals surface area contributed by atoms with Crippen molar-refractivity contribution in [1.82, 2.24) is 14.7 Å². The summed E-state index contributed by atoms with van der Waals surface area (Å²) in [5.41, 5.74) is 0.154. The van der Waals surface area contributed by atoms with Crippen molar-refractivity contribution in [3.8, 4) is 17.0 Å². The third-order valence-corrected chi connectivity index (χ3v) is 7.23. The molecule has 1 aliphatic carbocycles. The topological polar surface area (TPSA) is 81.2 Å². The number of benzene rings is 2. The Bertz CT molecular complexity index is 1230. The summed E-state index contributed by atoms with van der Waals surface area (Å²) in [6, 6.07) is 9.30. The van der Waals surface area contributed by atoms with Gasteiger partial charge in [0.05, 0.1) is 12.7 Å². The molecule has 4 rings (SSSR count). The predicted octanol–water partition coefficient (Wildman–Crippen LogP) is 4.76. The number of halogens is 3. The first-order chi connectivity index (χ1) is 15.2. The first kappa shape index (κ1) is 22.6. The Morgan fingerprint density at radius 3 is 2.38 bits per heavy atom. The van der Waals surface area contributed by atoms with E-state index in [9.17, 15) is 21.6 Å². The second kappa shape index (κ2) is 8.72. The van der Waals surface area contributed by atoms with Gasteiger partial charge in [0.15, 0.2) is 0 Å². The number of methoxy groups -OCH3 is 1. The van der Waals surface area contributed by atoms with Gasteiger partial charge in [0.1, 0.15) is 21.4 Å². The number of hydrogen-bond donors (Lipinski definition) is 1. The average Bonchev–Trinajstić information content (AvgIpc) is 3.57. The predicted molar refractivity (Wildman–Crippen MR) is 113 cm³/mol. The zero-order valence-corrected chi connectivity index (χ0v) is 18.4. The molecule has 1 saturated carbocycles. The summed E-state index contributed by atoms with van der Waals surface area (Å²) >= 11 is 1.14. The van der Waals surface area contributed by atoms with Crippen molar-refractivity contribution in [2.45, 2.75) is 39.9 Å². The average molecular weight is 482 g/mol. The van der Waals surface area contributed by atoms with Crippen LogP contribution in [0.25, 0.3) is 11.3 Å². The molecule has 1 fully saturated rings. The summed E-state index contributed by atoms with van der Waals surface area (Å²) in [5, 5.41) is 0.427. The minimum Gasteiger partial charge on any atom is -0.495 e. The molecular formula is C21H18F3N3O3S2. The van der Waals surface area contributed by atoms with Gasteiger partial charge in [0.2, 0.25) is 10.0 Å². The van der Waals surface area contributed by atoms with Crippen molar-refractivity contribution in [2.75, 3.05) is 7.11 Å². The van der Waals surface area contributed by atoms with Gasteiger partial charge in [-0.25, -0.2) is 18.1 Å². The third-order valence-electron chi connectivity index (χ3n) is 4.69. The fraction of sp³-hybridized carbons (Fsp3) is 0.238. The van der Waals surface area contributed by atoms with Crippen LogP contribution in [0.2, 0.25) is 0 Å². The lowest BCUT2D eigenvalue weighted by Gasteiger charge is -2.13. The maximum absolute atomic E-state index is 12.8. The van der Waals surface area contributed by atoms with E-state index in [2.05, 4.69) is 14.7 Å². The molecule has 168 valence electrons. The molecule has 0 atom stereocenters. The third kappa shape index (κ3) is 5.05. The number of hydrogen-bond acceptors (Lipinski definition) is 6. The molecule has 11 heteroatoms. The molecule has 0 radical (unpaired) electrons. The zero-order chi connectivity index (χ0) is 22.9. The van der Waals surface area contributed by atoms with Gasteiger partial charge >= 0.3 is 6.18 Å². The van der Waals surface area contributed by atoms with Crippen LogP contribution in [-0.4, -0.2) is 31.5 Å². The molecule has 32 heavy (non-hydrogen) atoms. The lowest BCUT2D eigenvalue weighted by atomic mass is 10.1. The first-order valence-corrected chi connectivity index (χ1v) is 11.8. The molecule has 0 unspecified atom stereocenters. The van der Waals surface area contributed by atoms with Crippen LogP contribution < -0.4 is 9.46 Å². The number of ether oxygens (including phenoxy) is 1. The van der Waals surface area contributed by atoms with Crippen LogP contribution in [0.3, 0.4) is 0 Å². The van der Waals surface area contributed by atoms with E-state index in [-0.39, 0.29) is 16.7 Å². The molecule has 1 heterocycles. The number of aromatic nitrogens is 2. The van der Waals surface area contributed by atoms with Crippen LogP contribution in [0.4, 0.5) is 13.2 Å². The van der Waals surface area contributed by atoms with Gasteiger partial charge in [0, 0.05) is 28.9 Å². The molecule has 2 aromatic carbocycles. The van der Waals surface area contributed by atoms with E-state index >= 15 is 0 Å². The number of rotatable bonds is 7. The van der Waals surface area contributed by atoms with E-state index in [0.717, 1.165) is 36.7 Å². The molecule has 3 aromatic rings. The Balaban J connectivity index is 1.68. The molecule has 1 N–H and O–H groups in total. The van der Waals surface area contributed by atoms with Crippen LogP contribution >= 0.6 is 11.8 Å². The summed E-state index contributed by atoms with van der Waals surface area (Å²) in [4.78, 5) is 9.16. The highest BCUT2D eigenvalue weighted by molar-refractivity contribution is 7.99. The van der Waals surface area contributed by atoms with E-state index in [0.29, 0.717) is 21.2 Å². The fourth-order valence-corrected chi connectivity index (χ4v) is 5.32. The molecule has 0 bridgehead atoms. The van der Waals surface area contributed by atoms with E-state index in [1.807, 2.05) is 0 Å². The van der Waals surface area contributed by atoms with Crippen molar-refractivity contribution >= 4 is 21.8 Å². The van der Waals surface area contributed by atoms with Gasteiger partial charge in [0.25, 0.3) is 0 Å². The van der Waals surface area contributed by atoms with Gasteiger partial charge in [-0.1, -0.05) is 11.8 Å². The van der Waals surface area contributed by atoms with Gasteiger partial charge in [-0.15, -0.1) is 0 Å². The normalized spacial score (nSPS) is 14.4. The molecule has 1 aliphatic rings. The zero-order valence-electron chi connectivity index (χ0n) is 16.8. The van der Waals surface area contributed by atoms with Crippen molar-refractivity contribution < 1.29 is 26.3 Å². The quantitative estimate of drug-likeness (QED) is 0.524. The van der Waals surface area contributed by atoms with Gasteiger partial charge in [-0.05, 0) is 55.3 Å². The fourth-order valence-electron chi connectivity index (χ4n) is 2.94.